The summed E-state index contributed by atoms with van der Waals surface area (Å²) < 4.78 is 41.6. The summed E-state index contributed by atoms with van der Waals surface area (Å²) in [6.07, 6.45) is 3.00. The summed E-state index contributed by atoms with van der Waals surface area (Å²) in [5.41, 5.74) is 1.56. The second kappa shape index (κ2) is 9.35. The van der Waals surface area contributed by atoms with E-state index in [1.165, 1.54) is 0 Å². The highest BCUT2D eigenvalue weighted by molar-refractivity contribution is 7.85. The Balaban J connectivity index is 1.90. The Morgan fingerprint density at radius 2 is 2.10 bits per heavy atom. The molecule has 0 bridgehead atoms. The second-order valence-electron chi connectivity index (χ2n) is 9.09. The smallest absolute Gasteiger partial charge is 0.264 e. The van der Waals surface area contributed by atoms with Gasteiger partial charge in [0.2, 0.25) is 0 Å². The van der Waals surface area contributed by atoms with Crippen molar-refractivity contribution >= 4 is 35.0 Å². The first-order chi connectivity index (χ1) is 14.0. The highest BCUT2D eigenvalue weighted by atomic mass is 32.2. The molecule has 0 spiro atoms. The van der Waals surface area contributed by atoms with Gasteiger partial charge in [-0.1, -0.05) is 19.6 Å². The van der Waals surface area contributed by atoms with Crippen LogP contribution in [0.15, 0.2) is 18.3 Å². The third-order valence-electron chi connectivity index (χ3n) is 5.12. The molecule has 1 fully saturated rings. The van der Waals surface area contributed by atoms with Gasteiger partial charge in [0.15, 0.2) is 0 Å². The highest BCUT2D eigenvalue weighted by Gasteiger charge is 2.23. The molecule has 0 saturated carbocycles. The van der Waals surface area contributed by atoms with Crippen LogP contribution in [-0.4, -0.2) is 64.7 Å². The van der Waals surface area contributed by atoms with Crippen molar-refractivity contribution in [2.75, 3.05) is 37.5 Å². The van der Waals surface area contributed by atoms with Crippen molar-refractivity contribution in [1.29, 1.82) is 0 Å². The number of ether oxygens (including phenoxy) is 2. The fraction of sp³-hybridized carbons (Fsp3) is 0.650. The van der Waals surface area contributed by atoms with Gasteiger partial charge < -0.3 is 18.9 Å². The summed E-state index contributed by atoms with van der Waals surface area (Å²) in [5, 5.41) is 0.872. The third-order valence-corrected chi connectivity index (χ3v) is 7.37. The summed E-state index contributed by atoms with van der Waals surface area (Å²) in [4.78, 5) is 7.09. The van der Waals surface area contributed by atoms with Gasteiger partial charge in [-0.05, 0) is 30.7 Å². The van der Waals surface area contributed by atoms with Crippen LogP contribution in [0, 0.1) is 0 Å². The van der Waals surface area contributed by atoms with Gasteiger partial charge in [-0.15, -0.1) is 0 Å². The lowest BCUT2D eigenvalue weighted by Crippen LogP contribution is -2.44. The molecular formula is C20H33N3O5SSi. The Hall–Kier alpha value is -1.46. The van der Waals surface area contributed by atoms with Crippen LogP contribution in [0.2, 0.25) is 25.7 Å². The van der Waals surface area contributed by atoms with Crippen molar-refractivity contribution in [3.05, 3.63) is 23.9 Å². The van der Waals surface area contributed by atoms with Crippen LogP contribution in [0.3, 0.4) is 0 Å². The minimum absolute atomic E-state index is 0.0237. The predicted octanol–water partition coefficient (Wildman–Crippen LogP) is 3.05. The first-order valence-electron chi connectivity index (χ1n) is 10.3. The van der Waals surface area contributed by atoms with E-state index in [1.54, 1.807) is 0 Å². The molecule has 0 aromatic carbocycles. The lowest BCUT2D eigenvalue weighted by molar-refractivity contribution is 0.0897. The Labute approximate surface area is 180 Å². The molecule has 0 radical (unpaired) electrons. The zero-order chi connectivity index (χ0) is 21.9. The van der Waals surface area contributed by atoms with Crippen LogP contribution in [-0.2, 0) is 37.1 Å². The van der Waals surface area contributed by atoms with Crippen LogP contribution >= 0.6 is 0 Å². The van der Waals surface area contributed by atoms with Crippen LogP contribution in [0.4, 0.5) is 5.82 Å². The van der Waals surface area contributed by atoms with Gasteiger partial charge in [-0.2, -0.15) is 8.42 Å². The minimum Gasteiger partial charge on any atom is -0.377 e. The molecule has 30 heavy (non-hydrogen) atoms. The summed E-state index contributed by atoms with van der Waals surface area (Å²) in [5.74, 6) is 0.799. The molecule has 10 heteroatoms. The molecule has 0 unspecified atom stereocenters. The first kappa shape index (κ1) is 23.2. The van der Waals surface area contributed by atoms with E-state index in [9.17, 15) is 8.42 Å². The molecule has 0 aliphatic carbocycles. The number of fused-ring (bicyclic) bond motifs is 1. The Kier molecular flexibility index (Phi) is 7.23. The van der Waals surface area contributed by atoms with Crippen molar-refractivity contribution in [1.82, 2.24) is 9.55 Å². The van der Waals surface area contributed by atoms with E-state index in [1.807, 2.05) is 22.9 Å². The van der Waals surface area contributed by atoms with Crippen molar-refractivity contribution < 1.29 is 22.1 Å². The van der Waals surface area contributed by atoms with E-state index in [-0.39, 0.29) is 12.6 Å². The molecule has 1 aliphatic heterocycles. The van der Waals surface area contributed by atoms with E-state index in [4.69, 9.17) is 18.6 Å². The Morgan fingerprint density at radius 1 is 1.33 bits per heavy atom. The predicted molar refractivity (Wildman–Crippen MR) is 121 cm³/mol. The molecule has 2 aromatic heterocycles. The second-order valence-corrected chi connectivity index (χ2v) is 16.4. The van der Waals surface area contributed by atoms with Gasteiger partial charge in [0.05, 0.1) is 32.1 Å². The molecule has 0 N–H and O–H groups in total. The average molecular weight is 456 g/mol. The number of nitrogens with zero attached hydrogens (tertiary/aromatic N) is 3. The van der Waals surface area contributed by atoms with E-state index in [0.29, 0.717) is 19.9 Å². The largest absolute Gasteiger partial charge is 0.377 e. The molecule has 1 aliphatic rings. The number of rotatable bonds is 9. The van der Waals surface area contributed by atoms with Gasteiger partial charge in [-0.25, -0.2) is 4.98 Å². The maximum absolute atomic E-state index is 11.6. The lowest BCUT2D eigenvalue weighted by atomic mass is 10.1. The zero-order valence-corrected chi connectivity index (χ0v) is 20.4. The normalized spacial score (nSPS) is 18.3. The SMILES string of the molecule is C[C@@H]1COCCN1c1cc(COS(C)(=O)=O)c2ccn(COCC[Si](C)(C)C)c2n1. The molecule has 3 heterocycles. The first-order valence-corrected chi connectivity index (χ1v) is 15.8. The summed E-state index contributed by atoms with van der Waals surface area (Å²) in [6, 6.07) is 5.15. The molecule has 2 aromatic rings. The van der Waals surface area contributed by atoms with Gasteiger partial charge in [0.1, 0.15) is 18.2 Å². The van der Waals surface area contributed by atoms with E-state index in [2.05, 4.69) is 31.5 Å². The number of anilines is 1. The summed E-state index contributed by atoms with van der Waals surface area (Å²) >= 11 is 0. The molecule has 168 valence electrons. The lowest BCUT2D eigenvalue weighted by Gasteiger charge is -2.34. The van der Waals surface area contributed by atoms with Crippen molar-refractivity contribution in [3.8, 4) is 0 Å². The zero-order valence-electron chi connectivity index (χ0n) is 18.6. The molecule has 8 nitrogen and oxygen atoms in total. The fourth-order valence-corrected chi connectivity index (χ4v) is 4.46. The Bertz CT molecular complexity index is 971. The van der Waals surface area contributed by atoms with Gasteiger partial charge in [0, 0.05) is 32.8 Å². The molecule has 3 rings (SSSR count). The van der Waals surface area contributed by atoms with Crippen LogP contribution < -0.4 is 4.90 Å². The average Bonchev–Trinajstić information content (AvgIpc) is 3.05. The molecule has 1 atom stereocenters. The number of hydrogen-bond acceptors (Lipinski definition) is 7. The Morgan fingerprint density at radius 3 is 2.77 bits per heavy atom. The van der Waals surface area contributed by atoms with E-state index < -0.39 is 18.2 Å². The van der Waals surface area contributed by atoms with Gasteiger partial charge in [0.25, 0.3) is 10.1 Å². The van der Waals surface area contributed by atoms with Crippen molar-refractivity contribution in [3.63, 3.8) is 0 Å². The third kappa shape index (κ3) is 6.27. The monoisotopic (exact) mass is 455 g/mol. The topological polar surface area (TPSA) is 82.9 Å². The summed E-state index contributed by atoms with van der Waals surface area (Å²) in [6.45, 7) is 12.2. The van der Waals surface area contributed by atoms with E-state index >= 15 is 0 Å². The molecule has 0 amide bonds. The number of pyridine rings is 1. The number of hydrogen-bond donors (Lipinski definition) is 0. The number of aromatic nitrogens is 2. The maximum Gasteiger partial charge on any atom is 0.264 e. The van der Waals surface area contributed by atoms with Crippen molar-refractivity contribution in [2.24, 2.45) is 0 Å². The molecular weight excluding hydrogens is 422 g/mol. The highest BCUT2D eigenvalue weighted by Crippen LogP contribution is 2.27. The van der Waals surface area contributed by atoms with E-state index in [0.717, 1.165) is 47.9 Å². The molecule has 1 saturated heterocycles. The maximum atomic E-state index is 11.6. The number of morpholine rings is 1. The van der Waals surface area contributed by atoms with Gasteiger partial charge >= 0.3 is 0 Å². The van der Waals surface area contributed by atoms with Crippen LogP contribution in [0.25, 0.3) is 11.0 Å². The van der Waals surface area contributed by atoms with Crippen LogP contribution in [0.5, 0.6) is 0 Å². The van der Waals surface area contributed by atoms with Crippen molar-refractivity contribution in [2.45, 2.75) is 52.0 Å². The fourth-order valence-electron chi connectivity index (χ4n) is 3.36. The minimum atomic E-state index is -3.55. The quantitative estimate of drug-likeness (QED) is 0.326. The standard InChI is InChI=1S/C20H33N3O5SSi/c1-16-13-26-9-8-23(16)19-12-17(14-28-29(2,24)25)18-6-7-22(20(18)21-19)15-27-10-11-30(3,4)5/h6-7,12,16H,8-11,13-15H2,1-5H3/t16-/m1/s1. The van der Waals surface area contributed by atoms with Crippen LogP contribution in [0.1, 0.15) is 12.5 Å². The summed E-state index contributed by atoms with van der Waals surface area (Å²) in [7, 11) is -4.70. The van der Waals surface area contributed by atoms with Gasteiger partial charge in [-0.3, -0.25) is 4.18 Å².